The molecule has 5 heteroatoms. The summed E-state index contributed by atoms with van der Waals surface area (Å²) in [5, 5.41) is 0. The third kappa shape index (κ3) is 5.08. The van der Waals surface area contributed by atoms with Crippen LogP contribution in [-0.2, 0) is 24.9 Å². The number of anilines is 1. The van der Waals surface area contributed by atoms with Gasteiger partial charge >= 0.3 is 167 Å². The molecule has 0 aromatic heterocycles. The maximum absolute atomic E-state index is 5.27. The Morgan fingerprint density at radius 2 is 1.35 bits per heavy atom. The number of rotatable bonds is 7. The number of benzene rings is 3. The van der Waals surface area contributed by atoms with Crippen molar-refractivity contribution in [3.05, 3.63) is 78.9 Å². The van der Waals surface area contributed by atoms with Crippen molar-refractivity contribution in [1.82, 2.24) is 0 Å². The van der Waals surface area contributed by atoms with Crippen LogP contribution in [0.15, 0.2) is 83.9 Å². The van der Waals surface area contributed by atoms with Gasteiger partial charge in [0.05, 0.1) is 0 Å². The zero-order valence-electron chi connectivity index (χ0n) is 15.0. The van der Waals surface area contributed by atoms with E-state index in [2.05, 4.69) is 50.1 Å². The second-order valence-corrected chi connectivity index (χ2v) is 12.8. The number of hydrogen-bond donors (Lipinski definition) is 0. The van der Waals surface area contributed by atoms with E-state index in [1.165, 1.54) is 3.07 Å². The molecule has 0 atom stereocenters. The molecular weight excluding hydrogens is 513 g/mol. The number of hydrogen-bond acceptors (Lipinski definition) is 3. The molecule has 0 aliphatic rings. The summed E-state index contributed by atoms with van der Waals surface area (Å²) in [7, 11) is 3.35. The minimum atomic E-state index is -1.60. The Hall–Kier alpha value is -2.33. The molecule has 26 heavy (non-hydrogen) atoms. The van der Waals surface area contributed by atoms with Crippen LogP contribution in [0.4, 0.5) is 11.4 Å². The van der Waals surface area contributed by atoms with Gasteiger partial charge in [0.15, 0.2) is 0 Å². The Morgan fingerprint density at radius 3 is 1.92 bits per heavy atom. The van der Waals surface area contributed by atoms with Crippen molar-refractivity contribution in [1.29, 1.82) is 0 Å². The molecule has 4 nitrogen and oxygen atoms in total. The van der Waals surface area contributed by atoms with Gasteiger partial charge in [-0.2, -0.15) is 0 Å². The van der Waals surface area contributed by atoms with Gasteiger partial charge in [-0.25, -0.2) is 0 Å². The molecule has 0 saturated carbocycles. The molecule has 3 aromatic carbocycles. The quantitative estimate of drug-likeness (QED) is 0.260. The van der Waals surface area contributed by atoms with Gasteiger partial charge in [-0.1, -0.05) is 0 Å². The number of nitrogens with zero attached hydrogens (tertiary/aromatic N) is 2. The molecule has 128 valence electrons. The molecule has 0 aliphatic heterocycles. The van der Waals surface area contributed by atoms with Crippen molar-refractivity contribution >= 4 is 20.8 Å². The van der Waals surface area contributed by atoms with E-state index in [9.17, 15) is 0 Å². The van der Waals surface area contributed by atoms with Crippen LogP contribution in [0.2, 0.25) is 0 Å². The molecule has 0 unspecified atom stereocenters. The predicted molar refractivity (Wildman–Crippen MR) is 103 cm³/mol. The fourth-order valence-corrected chi connectivity index (χ4v) is 8.13. The Morgan fingerprint density at radius 1 is 0.769 bits per heavy atom. The van der Waals surface area contributed by atoms with Gasteiger partial charge in [0.1, 0.15) is 0 Å². The van der Waals surface area contributed by atoms with E-state index >= 15 is 0 Å². The summed E-state index contributed by atoms with van der Waals surface area (Å²) in [5.74, 6) is 1.69. The van der Waals surface area contributed by atoms with Crippen LogP contribution < -0.4 is 15.2 Å². The van der Waals surface area contributed by atoms with Gasteiger partial charge in [-0.05, 0) is 0 Å². The average Bonchev–Trinajstić information content (AvgIpc) is 2.72. The summed E-state index contributed by atoms with van der Waals surface area (Å²) in [6.45, 7) is 0. The molecule has 0 fully saturated rings. The first-order chi connectivity index (χ1) is 12.8. The van der Waals surface area contributed by atoms with E-state index in [0.717, 1.165) is 22.9 Å². The fraction of sp³-hybridized carbons (Fsp3) is 0.0952. The molecule has 0 bridgehead atoms. The molecule has 0 heterocycles. The first kappa shape index (κ1) is 18.5. The van der Waals surface area contributed by atoms with Crippen molar-refractivity contribution < 1.29 is 34.3 Å². The normalized spacial score (nSPS) is 10.4. The van der Waals surface area contributed by atoms with Gasteiger partial charge < -0.3 is 0 Å². The van der Waals surface area contributed by atoms with Crippen LogP contribution in [-0.4, -0.2) is 20.6 Å². The first-order valence-corrected chi connectivity index (χ1v) is 13.6. The van der Waals surface area contributed by atoms with Crippen molar-refractivity contribution in [2.24, 2.45) is 4.99 Å². The molecule has 0 N–H and O–H groups in total. The van der Waals surface area contributed by atoms with Crippen LogP contribution >= 0.6 is 0 Å². The Bertz CT molecular complexity index is 834. The van der Waals surface area contributed by atoms with Crippen molar-refractivity contribution in [3.63, 3.8) is 0 Å². The number of ether oxygens (including phenoxy) is 2. The molecule has 0 amide bonds. The molecule has 3 aromatic rings. The molecule has 0 radical (unpaired) electrons. The standard InChI is InChI=1S/C15H15N2O2.C6H5.Hg/c1-18-14-7-3-12(4-8-14)16-11-17-13-5-9-15(19-2)10-6-13;1-2-4-6-5-3-1;/h3-11H,1-2H3;1-5H;/q-1;;+1. The van der Waals surface area contributed by atoms with E-state index in [0.29, 0.717) is 0 Å². The monoisotopic (exact) mass is 534 g/mol. The van der Waals surface area contributed by atoms with Gasteiger partial charge in [0, 0.05) is 0 Å². The van der Waals surface area contributed by atoms with Crippen LogP contribution in [0.25, 0.3) is 0 Å². The predicted octanol–water partition coefficient (Wildman–Crippen LogP) is 4.19. The maximum atomic E-state index is 5.27. The third-order valence-corrected chi connectivity index (χ3v) is 10.6. The Kier molecular flexibility index (Phi) is 6.66. The second-order valence-electron chi connectivity index (χ2n) is 5.75. The number of methoxy groups -OCH3 is 2. The summed E-state index contributed by atoms with van der Waals surface area (Å²) >= 11 is -1.60. The summed E-state index contributed by atoms with van der Waals surface area (Å²) in [5.41, 5.74) is 2.05. The van der Waals surface area contributed by atoms with Crippen LogP contribution in [0.1, 0.15) is 0 Å². The SMILES string of the molecule is COc1ccc(N=C[N]([Hg][c]2ccccc2)c2ccc(OC)cc2)cc1. The molecule has 3 rings (SSSR count). The Balaban J connectivity index is 1.84. The molecule has 0 spiro atoms. The van der Waals surface area contributed by atoms with Crippen molar-refractivity contribution in [2.45, 2.75) is 0 Å². The number of aliphatic imine (C=N–C) groups is 1. The first-order valence-electron chi connectivity index (χ1n) is 8.41. The fourth-order valence-electron chi connectivity index (χ4n) is 2.56. The van der Waals surface area contributed by atoms with E-state index in [1.54, 1.807) is 14.2 Å². The summed E-state index contributed by atoms with van der Waals surface area (Å²) < 4.78 is 14.2. The molecule has 0 aliphatic carbocycles. The van der Waals surface area contributed by atoms with E-state index in [1.807, 2.05) is 42.7 Å². The van der Waals surface area contributed by atoms with E-state index in [4.69, 9.17) is 9.47 Å². The van der Waals surface area contributed by atoms with Crippen molar-refractivity contribution in [3.8, 4) is 11.5 Å². The van der Waals surface area contributed by atoms with Crippen LogP contribution in [0.5, 0.6) is 11.5 Å². The summed E-state index contributed by atoms with van der Waals surface area (Å²) in [6, 6.07) is 26.6. The summed E-state index contributed by atoms with van der Waals surface area (Å²) in [6.07, 6.45) is 1.96. The average molecular weight is 533 g/mol. The zero-order valence-corrected chi connectivity index (χ0v) is 20.5. The topological polar surface area (TPSA) is 34.1 Å². The second kappa shape index (κ2) is 9.39. The zero-order chi connectivity index (χ0) is 18.2. The van der Waals surface area contributed by atoms with E-state index < -0.39 is 24.9 Å². The summed E-state index contributed by atoms with van der Waals surface area (Å²) in [4.78, 5) is 4.67. The minimum absolute atomic E-state index is 0.834. The van der Waals surface area contributed by atoms with Gasteiger partial charge in [0.25, 0.3) is 0 Å². The Labute approximate surface area is 167 Å². The van der Waals surface area contributed by atoms with Gasteiger partial charge in [0.2, 0.25) is 0 Å². The van der Waals surface area contributed by atoms with Crippen LogP contribution in [0, 0.1) is 0 Å². The van der Waals surface area contributed by atoms with Gasteiger partial charge in [-0.3, -0.25) is 0 Å². The van der Waals surface area contributed by atoms with E-state index in [-0.39, 0.29) is 0 Å². The molecular formula is C21H20HgN2O2. The van der Waals surface area contributed by atoms with Gasteiger partial charge in [-0.15, -0.1) is 0 Å². The molecule has 0 saturated heterocycles. The third-order valence-electron chi connectivity index (χ3n) is 4.02. The van der Waals surface area contributed by atoms with Crippen LogP contribution in [0.3, 0.4) is 0 Å². The van der Waals surface area contributed by atoms with Crippen molar-refractivity contribution in [2.75, 3.05) is 16.9 Å².